The highest BCUT2D eigenvalue weighted by Crippen LogP contribution is 2.40. The molecule has 2 heterocycles. The van der Waals surface area contributed by atoms with E-state index in [1.54, 1.807) is 19.1 Å². The summed E-state index contributed by atoms with van der Waals surface area (Å²) in [5, 5.41) is 4.82. The van der Waals surface area contributed by atoms with E-state index in [0.29, 0.717) is 43.0 Å². The minimum Gasteiger partial charge on any atom is -0.496 e. The highest BCUT2D eigenvalue weighted by Gasteiger charge is 2.38. The van der Waals surface area contributed by atoms with Gasteiger partial charge in [0.15, 0.2) is 0 Å². The molecule has 4 aromatic rings. The second-order valence-corrected chi connectivity index (χ2v) is 8.30. The zero-order chi connectivity index (χ0) is 23.7. The van der Waals surface area contributed by atoms with Gasteiger partial charge < -0.3 is 24.1 Å². The molecule has 0 radical (unpaired) electrons. The molecule has 34 heavy (non-hydrogen) atoms. The monoisotopic (exact) mass is 458 g/mol. The number of rotatable bonds is 7. The van der Waals surface area contributed by atoms with Crippen molar-refractivity contribution in [3.05, 3.63) is 66.2 Å². The van der Waals surface area contributed by atoms with Crippen molar-refractivity contribution in [3.63, 3.8) is 0 Å². The third-order valence-electron chi connectivity index (χ3n) is 6.38. The Labute approximate surface area is 197 Å². The number of benzene rings is 3. The van der Waals surface area contributed by atoms with Gasteiger partial charge in [0.25, 0.3) is 0 Å². The largest absolute Gasteiger partial charge is 0.496 e. The van der Waals surface area contributed by atoms with E-state index in [-0.39, 0.29) is 11.8 Å². The number of para-hydroxylation sites is 2. The number of furan rings is 1. The van der Waals surface area contributed by atoms with Crippen molar-refractivity contribution in [1.82, 2.24) is 5.32 Å². The molecule has 1 aliphatic heterocycles. The molecule has 1 saturated heterocycles. The third-order valence-corrected chi connectivity index (χ3v) is 6.38. The molecule has 7 nitrogen and oxygen atoms in total. The van der Waals surface area contributed by atoms with Crippen molar-refractivity contribution < 1.29 is 23.5 Å². The van der Waals surface area contributed by atoms with E-state index in [0.717, 1.165) is 27.7 Å². The second kappa shape index (κ2) is 9.09. The lowest BCUT2D eigenvalue weighted by atomic mass is 10.1. The Balaban J connectivity index is 1.32. The van der Waals surface area contributed by atoms with Crippen LogP contribution in [0.1, 0.15) is 12.0 Å². The fraction of sp³-hybridized carbons (Fsp3) is 0.259. The Morgan fingerprint density at radius 1 is 1.00 bits per heavy atom. The number of ether oxygens (including phenoxy) is 2. The summed E-state index contributed by atoms with van der Waals surface area (Å²) in [5.74, 6) is 0.140. The standard InChI is InChI=1S/C27H26N2O5/c1-32-22-9-5-3-7-17(22)11-13-28-26(30)19-12-14-29(27(19)31)21-16-24-20(15-25(21)33-2)18-8-4-6-10-23(18)34-24/h3-10,15-16,19H,11-14H2,1-2H3,(H,28,30)/t19-/m1/s1. The van der Waals surface area contributed by atoms with Crippen LogP contribution >= 0.6 is 0 Å². The van der Waals surface area contributed by atoms with Crippen molar-refractivity contribution >= 4 is 39.4 Å². The minimum atomic E-state index is -0.728. The summed E-state index contributed by atoms with van der Waals surface area (Å²) >= 11 is 0. The molecule has 0 spiro atoms. The van der Waals surface area contributed by atoms with Gasteiger partial charge in [-0.1, -0.05) is 36.4 Å². The zero-order valence-corrected chi connectivity index (χ0v) is 19.2. The molecule has 1 fully saturated rings. The summed E-state index contributed by atoms with van der Waals surface area (Å²) in [5.41, 5.74) is 3.07. The summed E-state index contributed by atoms with van der Waals surface area (Å²) in [4.78, 5) is 27.7. The Morgan fingerprint density at radius 3 is 2.59 bits per heavy atom. The van der Waals surface area contributed by atoms with Crippen LogP contribution in [-0.4, -0.2) is 39.1 Å². The van der Waals surface area contributed by atoms with Crippen molar-refractivity contribution in [3.8, 4) is 11.5 Å². The molecule has 0 aliphatic carbocycles. The molecular weight excluding hydrogens is 432 g/mol. The molecule has 1 atom stereocenters. The molecule has 0 bridgehead atoms. The van der Waals surface area contributed by atoms with Gasteiger partial charge in [0.05, 0.1) is 19.9 Å². The summed E-state index contributed by atoms with van der Waals surface area (Å²) in [6.45, 7) is 0.864. The number of anilines is 1. The number of fused-ring (bicyclic) bond motifs is 3. The number of amides is 2. The molecule has 7 heteroatoms. The number of hydrogen-bond acceptors (Lipinski definition) is 5. The first kappa shape index (κ1) is 21.8. The first-order valence-electron chi connectivity index (χ1n) is 11.3. The van der Waals surface area contributed by atoms with Crippen LogP contribution in [0.4, 0.5) is 5.69 Å². The zero-order valence-electron chi connectivity index (χ0n) is 19.2. The van der Waals surface area contributed by atoms with E-state index in [1.165, 1.54) is 0 Å². The van der Waals surface area contributed by atoms with Crippen molar-refractivity contribution in [2.75, 3.05) is 32.2 Å². The van der Waals surface area contributed by atoms with E-state index in [1.807, 2.05) is 60.7 Å². The summed E-state index contributed by atoms with van der Waals surface area (Å²) in [6.07, 6.45) is 1.07. The second-order valence-electron chi connectivity index (χ2n) is 8.30. The molecule has 1 aromatic heterocycles. The van der Waals surface area contributed by atoms with Crippen LogP contribution in [0.5, 0.6) is 11.5 Å². The lowest BCUT2D eigenvalue weighted by Crippen LogP contribution is -2.37. The van der Waals surface area contributed by atoms with Gasteiger partial charge in [-0.05, 0) is 36.6 Å². The van der Waals surface area contributed by atoms with Crippen molar-refractivity contribution in [2.45, 2.75) is 12.8 Å². The third kappa shape index (κ3) is 3.83. The Morgan fingerprint density at radius 2 is 1.76 bits per heavy atom. The van der Waals surface area contributed by atoms with E-state index >= 15 is 0 Å². The summed E-state index contributed by atoms with van der Waals surface area (Å²) < 4.78 is 17.0. The Kier molecular flexibility index (Phi) is 5.84. The molecule has 0 saturated carbocycles. The molecular formula is C27H26N2O5. The van der Waals surface area contributed by atoms with Crippen LogP contribution in [0.3, 0.4) is 0 Å². The van der Waals surface area contributed by atoms with Crippen LogP contribution in [0.2, 0.25) is 0 Å². The highest BCUT2D eigenvalue weighted by atomic mass is 16.5. The average Bonchev–Trinajstić information content (AvgIpc) is 3.43. The summed E-state index contributed by atoms with van der Waals surface area (Å²) in [6, 6.07) is 19.2. The van der Waals surface area contributed by atoms with E-state index < -0.39 is 5.92 Å². The number of nitrogens with zero attached hydrogens (tertiary/aromatic N) is 1. The maximum atomic E-state index is 13.2. The maximum absolute atomic E-state index is 13.2. The van der Waals surface area contributed by atoms with E-state index in [9.17, 15) is 9.59 Å². The van der Waals surface area contributed by atoms with Gasteiger partial charge >= 0.3 is 0 Å². The minimum absolute atomic E-state index is 0.233. The molecule has 2 amide bonds. The predicted octanol–water partition coefficient (Wildman–Crippen LogP) is 4.32. The Hall–Kier alpha value is -4.00. The van der Waals surface area contributed by atoms with Gasteiger partial charge in [-0.25, -0.2) is 0 Å². The van der Waals surface area contributed by atoms with E-state index in [2.05, 4.69) is 5.32 Å². The van der Waals surface area contributed by atoms with Crippen LogP contribution in [-0.2, 0) is 16.0 Å². The average molecular weight is 459 g/mol. The summed E-state index contributed by atoms with van der Waals surface area (Å²) in [7, 11) is 3.20. The van der Waals surface area contributed by atoms with E-state index in [4.69, 9.17) is 13.9 Å². The first-order valence-corrected chi connectivity index (χ1v) is 11.3. The molecule has 1 aliphatic rings. The molecule has 1 N–H and O–H groups in total. The van der Waals surface area contributed by atoms with Crippen LogP contribution in [0.25, 0.3) is 21.9 Å². The van der Waals surface area contributed by atoms with Crippen molar-refractivity contribution in [1.29, 1.82) is 0 Å². The molecule has 3 aromatic carbocycles. The lowest BCUT2D eigenvalue weighted by molar-refractivity contribution is -0.132. The topological polar surface area (TPSA) is 81.0 Å². The number of methoxy groups -OCH3 is 2. The smallest absolute Gasteiger partial charge is 0.239 e. The number of nitrogens with one attached hydrogen (secondary N) is 1. The normalized spacial score (nSPS) is 15.8. The number of carbonyl (C=O) groups is 2. The fourth-order valence-corrected chi connectivity index (χ4v) is 4.63. The quantitative estimate of drug-likeness (QED) is 0.417. The van der Waals surface area contributed by atoms with Gasteiger partial charge in [0.1, 0.15) is 28.6 Å². The predicted molar refractivity (Wildman–Crippen MR) is 130 cm³/mol. The molecule has 0 unspecified atom stereocenters. The van der Waals surface area contributed by atoms with Gasteiger partial charge in [-0.2, -0.15) is 0 Å². The fourth-order valence-electron chi connectivity index (χ4n) is 4.63. The Bertz CT molecular complexity index is 1380. The van der Waals surface area contributed by atoms with Gasteiger partial charge in [0, 0.05) is 29.9 Å². The lowest BCUT2D eigenvalue weighted by Gasteiger charge is -2.19. The molecule has 5 rings (SSSR count). The van der Waals surface area contributed by atoms with Crippen molar-refractivity contribution in [2.24, 2.45) is 5.92 Å². The number of hydrogen-bond donors (Lipinski definition) is 1. The van der Waals surface area contributed by atoms with Crippen LogP contribution < -0.4 is 19.7 Å². The first-order chi connectivity index (χ1) is 16.6. The van der Waals surface area contributed by atoms with Gasteiger partial charge in [-0.3, -0.25) is 9.59 Å². The SMILES string of the molecule is COc1ccccc1CCNC(=O)[C@H]1CCN(c2cc3oc4ccccc4c3cc2OC)C1=O. The van der Waals surface area contributed by atoms with Gasteiger partial charge in [-0.15, -0.1) is 0 Å². The van der Waals surface area contributed by atoms with Gasteiger partial charge in [0.2, 0.25) is 11.8 Å². The number of carbonyl (C=O) groups excluding carboxylic acids is 2. The highest BCUT2D eigenvalue weighted by molar-refractivity contribution is 6.12. The maximum Gasteiger partial charge on any atom is 0.239 e. The van der Waals surface area contributed by atoms with Crippen LogP contribution in [0.15, 0.2) is 65.1 Å². The van der Waals surface area contributed by atoms with Crippen LogP contribution in [0, 0.1) is 5.92 Å². The molecule has 174 valence electrons.